The molecule has 2 aromatic rings. The molecule has 2 rings (SSSR count). The van der Waals surface area contributed by atoms with Crippen LogP contribution in [0.4, 0.5) is 0 Å². The fourth-order valence-corrected chi connectivity index (χ4v) is 3.60. The van der Waals surface area contributed by atoms with Crippen molar-refractivity contribution in [2.75, 3.05) is 20.8 Å². The number of nitrogens with one attached hydrogen (secondary N) is 1. The molecule has 1 heterocycles. The van der Waals surface area contributed by atoms with E-state index in [2.05, 4.69) is 4.72 Å². The van der Waals surface area contributed by atoms with Gasteiger partial charge in [-0.1, -0.05) is 6.07 Å². The molecular weight excluding hydrogens is 326 g/mol. The zero-order valence-corrected chi connectivity index (χ0v) is 13.8. The van der Waals surface area contributed by atoms with Crippen LogP contribution in [0.3, 0.4) is 0 Å². The number of rotatable bonds is 7. The second kappa shape index (κ2) is 7.10. The highest BCUT2D eigenvalue weighted by Crippen LogP contribution is 2.29. The van der Waals surface area contributed by atoms with E-state index in [0.717, 1.165) is 0 Å². The Balaban J connectivity index is 2.13. The van der Waals surface area contributed by atoms with E-state index >= 15 is 0 Å². The second-order valence-electron chi connectivity index (χ2n) is 4.40. The van der Waals surface area contributed by atoms with Crippen LogP contribution in [0.15, 0.2) is 40.6 Å². The predicted molar refractivity (Wildman–Crippen MR) is 84.0 cm³/mol. The average molecular weight is 343 g/mol. The van der Waals surface area contributed by atoms with E-state index in [-0.39, 0.29) is 11.4 Å². The lowest BCUT2D eigenvalue weighted by Gasteiger charge is -2.13. The minimum Gasteiger partial charge on any atom is -0.493 e. The van der Waals surface area contributed by atoms with Crippen LogP contribution < -0.4 is 14.2 Å². The number of thiophene rings is 1. The number of benzene rings is 1. The zero-order valence-electron chi connectivity index (χ0n) is 12.1. The van der Waals surface area contributed by atoms with Gasteiger partial charge < -0.3 is 14.6 Å². The van der Waals surface area contributed by atoms with Crippen LogP contribution in [-0.4, -0.2) is 34.3 Å². The number of aliphatic hydroxyl groups is 1. The summed E-state index contributed by atoms with van der Waals surface area (Å²) in [6.07, 6.45) is -0.880. The molecule has 1 atom stereocenters. The summed E-state index contributed by atoms with van der Waals surface area (Å²) >= 11 is 1.37. The molecule has 1 aromatic heterocycles. The molecule has 120 valence electrons. The van der Waals surface area contributed by atoms with Crippen molar-refractivity contribution in [3.8, 4) is 11.5 Å². The Kier molecular flexibility index (Phi) is 5.41. The molecule has 8 heteroatoms. The van der Waals surface area contributed by atoms with Gasteiger partial charge in [-0.25, -0.2) is 13.1 Å². The Hall–Kier alpha value is -1.61. The Bertz CT molecular complexity index is 713. The van der Waals surface area contributed by atoms with Crippen molar-refractivity contribution < 1.29 is 23.0 Å². The standard InChI is InChI=1S/C14H17NO5S2/c1-19-12-6-5-10(8-13(12)20-2)22(17,18)15-9-11(16)14-4-3-7-21-14/h3-8,11,15-16H,9H2,1-2H3/t11-/m0/s1. The van der Waals surface area contributed by atoms with Gasteiger partial charge >= 0.3 is 0 Å². The first-order valence-electron chi connectivity index (χ1n) is 6.41. The van der Waals surface area contributed by atoms with Crippen LogP contribution in [0, 0.1) is 0 Å². The van der Waals surface area contributed by atoms with Gasteiger partial charge in [-0.05, 0) is 23.6 Å². The minimum absolute atomic E-state index is 0.0449. The predicted octanol–water partition coefficient (Wildman–Crippen LogP) is 1.78. The fraction of sp³-hybridized carbons (Fsp3) is 0.286. The number of methoxy groups -OCH3 is 2. The van der Waals surface area contributed by atoms with Crippen LogP contribution in [0.1, 0.15) is 11.0 Å². The molecule has 0 aliphatic rings. The number of ether oxygens (including phenoxy) is 2. The maximum Gasteiger partial charge on any atom is 0.240 e. The minimum atomic E-state index is -3.74. The quantitative estimate of drug-likeness (QED) is 0.800. The van der Waals surface area contributed by atoms with Crippen molar-refractivity contribution in [2.45, 2.75) is 11.0 Å². The summed E-state index contributed by atoms with van der Waals surface area (Å²) in [7, 11) is -0.838. The normalized spacial score (nSPS) is 12.9. The first-order chi connectivity index (χ1) is 10.5. The summed E-state index contributed by atoms with van der Waals surface area (Å²) in [4.78, 5) is 0.749. The summed E-state index contributed by atoms with van der Waals surface area (Å²) < 4.78 is 37.1. The monoisotopic (exact) mass is 343 g/mol. The summed E-state index contributed by atoms with van der Waals surface area (Å²) in [6.45, 7) is -0.100. The van der Waals surface area contributed by atoms with Crippen LogP contribution >= 0.6 is 11.3 Å². The molecule has 0 amide bonds. The first kappa shape index (κ1) is 16.8. The van der Waals surface area contributed by atoms with Crippen LogP contribution in [0.25, 0.3) is 0 Å². The van der Waals surface area contributed by atoms with Gasteiger partial charge in [0.1, 0.15) is 6.10 Å². The maximum atomic E-state index is 12.3. The van der Waals surface area contributed by atoms with Crippen LogP contribution in [-0.2, 0) is 10.0 Å². The molecule has 6 nitrogen and oxygen atoms in total. The van der Waals surface area contributed by atoms with Crippen molar-refractivity contribution in [1.29, 1.82) is 0 Å². The van der Waals surface area contributed by atoms with E-state index in [1.807, 2.05) is 5.38 Å². The lowest BCUT2D eigenvalue weighted by molar-refractivity contribution is 0.186. The molecule has 0 bridgehead atoms. The Morgan fingerprint density at radius 2 is 1.95 bits per heavy atom. The highest BCUT2D eigenvalue weighted by molar-refractivity contribution is 7.89. The Morgan fingerprint density at radius 3 is 2.55 bits per heavy atom. The van der Waals surface area contributed by atoms with Gasteiger partial charge in [0.05, 0.1) is 19.1 Å². The Labute approximate surface area is 133 Å². The fourth-order valence-electron chi connectivity index (χ4n) is 1.84. The van der Waals surface area contributed by atoms with E-state index in [1.54, 1.807) is 12.1 Å². The molecular formula is C14H17NO5S2. The Morgan fingerprint density at radius 1 is 1.23 bits per heavy atom. The molecule has 2 N–H and O–H groups in total. The third-order valence-electron chi connectivity index (χ3n) is 3.00. The molecule has 0 spiro atoms. The number of sulfonamides is 1. The topological polar surface area (TPSA) is 84.9 Å². The summed E-state index contributed by atoms with van der Waals surface area (Å²) in [5.74, 6) is 0.768. The summed E-state index contributed by atoms with van der Waals surface area (Å²) in [6, 6.07) is 7.86. The smallest absolute Gasteiger partial charge is 0.240 e. The average Bonchev–Trinajstić information content (AvgIpc) is 3.06. The van der Waals surface area contributed by atoms with Gasteiger partial charge in [0.15, 0.2) is 11.5 Å². The molecule has 0 fully saturated rings. The SMILES string of the molecule is COc1ccc(S(=O)(=O)NC[C@H](O)c2cccs2)cc1OC. The van der Waals surface area contributed by atoms with Crippen molar-refractivity contribution in [3.63, 3.8) is 0 Å². The first-order valence-corrected chi connectivity index (χ1v) is 8.77. The van der Waals surface area contributed by atoms with E-state index in [1.165, 1.54) is 43.8 Å². The van der Waals surface area contributed by atoms with Gasteiger partial charge in [-0.15, -0.1) is 11.3 Å². The van der Waals surface area contributed by atoms with Crippen LogP contribution in [0.2, 0.25) is 0 Å². The molecule has 0 saturated carbocycles. The molecule has 0 unspecified atom stereocenters. The van der Waals surface area contributed by atoms with E-state index in [4.69, 9.17) is 9.47 Å². The van der Waals surface area contributed by atoms with Crippen molar-refractivity contribution in [3.05, 3.63) is 40.6 Å². The summed E-state index contributed by atoms with van der Waals surface area (Å²) in [5.41, 5.74) is 0. The number of hydrogen-bond donors (Lipinski definition) is 2. The van der Waals surface area contributed by atoms with Gasteiger partial charge in [-0.3, -0.25) is 0 Å². The molecule has 1 aromatic carbocycles. The highest BCUT2D eigenvalue weighted by Gasteiger charge is 2.19. The third kappa shape index (κ3) is 3.77. The lowest BCUT2D eigenvalue weighted by atomic mass is 10.3. The number of hydrogen-bond acceptors (Lipinski definition) is 6. The van der Waals surface area contributed by atoms with Crippen LogP contribution in [0.5, 0.6) is 11.5 Å². The molecule has 0 aliphatic heterocycles. The van der Waals surface area contributed by atoms with E-state index in [0.29, 0.717) is 16.4 Å². The number of aliphatic hydroxyl groups excluding tert-OH is 1. The molecule has 0 radical (unpaired) electrons. The second-order valence-corrected chi connectivity index (χ2v) is 7.15. The lowest BCUT2D eigenvalue weighted by Crippen LogP contribution is -2.28. The van der Waals surface area contributed by atoms with Crippen molar-refractivity contribution >= 4 is 21.4 Å². The molecule has 22 heavy (non-hydrogen) atoms. The highest BCUT2D eigenvalue weighted by atomic mass is 32.2. The summed E-state index contributed by atoms with van der Waals surface area (Å²) in [5, 5.41) is 11.8. The van der Waals surface area contributed by atoms with Gasteiger partial charge in [0, 0.05) is 17.5 Å². The van der Waals surface area contributed by atoms with Gasteiger partial charge in [0.25, 0.3) is 0 Å². The maximum absolute atomic E-state index is 12.3. The van der Waals surface area contributed by atoms with Crippen molar-refractivity contribution in [1.82, 2.24) is 4.72 Å². The zero-order chi connectivity index (χ0) is 16.2. The van der Waals surface area contributed by atoms with Gasteiger partial charge in [-0.2, -0.15) is 0 Å². The van der Waals surface area contributed by atoms with E-state index in [9.17, 15) is 13.5 Å². The third-order valence-corrected chi connectivity index (χ3v) is 5.40. The largest absolute Gasteiger partial charge is 0.493 e. The van der Waals surface area contributed by atoms with Crippen molar-refractivity contribution in [2.24, 2.45) is 0 Å². The van der Waals surface area contributed by atoms with Gasteiger partial charge in [0.2, 0.25) is 10.0 Å². The molecule has 0 aliphatic carbocycles. The van der Waals surface area contributed by atoms with E-state index < -0.39 is 16.1 Å². The molecule has 0 saturated heterocycles.